The van der Waals surface area contributed by atoms with E-state index in [1.807, 2.05) is 4.90 Å². The third-order valence-electron chi connectivity index (χ3n) is 3.64. The molecule has 1 heterocycles. The van der Waals surface area contributed by atoms with Gasteiger partial charge >= 0.3 is 0 Å². The first-order valence-corrected chi connectivity index (χ1v) is 6.49. The first-order chi connectivity index (χ1) is 9.62. The monoisotopic (exact) mass is 281 g/mol. The van der Waals surface area contributed by atoms with Crippen molar-refractivity contribution in [1.82, 2.24) is 0 Å². The summed E-state index contributed by atoms with van der Waals surface area (Å²) in [5.74, 6) is 0.835. The third-order valence-corrected chi connectivity index (χ3v) is 3.64. The smallest absolute Gasteiger partial charge is 0.296 e. The van der Waals surface area contributed by atoms with Crippen LogP contribution in [0.5, 0.6) is 11.5 Å². The van der Waals surface area contributed by atoms with Crippen molar-refractivity contribution in [3.8, 4) is 11.5 Å². The van der Waals surface area contributed by atoms with Crippen molar-refractivity contribution in [3.63, 3.8) is 0 Å². The van der Waals surface area contributed by atoms with Crippen LogP contribution in [-0.4, -0.2) is 38.3 Å². The standard InChI is InChI=1S/C13H19N3O4/c1-19-12-6-10(15-5-3-4-9(15)8-14)11(16(17)18)7-13(12)20-2/h6-7,9H,3-5,8,14H2,1-2H3. The molecule has 1 aromatic rings. The van der Waals surface area contributed by atoms with Gasteiger partial charge in [-0.05, 0) is 12.8 Å². The molecule has 1 saturated heterocycles. The van der Waals surface area contributed by atoms with E-state index in [2.05, 4.69) is 0 Å². The highest BCUT2D eigenvalue weighted by atomic mass is 16.6. The van der Waals surface area contributed by atoms with Crippen LogP contribution in [0.4, 0.5) is 11.4 Å². The summed E-state index contributed by atoms with van der Waals surface area (Å²) < 4.78 is 10.4. The van der Waals surface area contributed by atoms with Gasteiger partial charge in [0.15, 0.2) is 11.5 Å². The Hall–Kier alpha value is -2.02. The minimum atomic E-state index is -0.400. The lowest BCUT2D eigenvalue weighted by Gasteiger charge is -2.26. The molecule has 0 radical (unpaired) electrons. The summed E-state index contributed by atoms with van der Waals surface area (Å²) in [6.07, 6.45) is 1.93. The number of nitro groups is 1. The van der Waals surface area contributed by atoms with Crippen LogP contribution >= 0.6 is 0 Å². The van der Waals surface area contributed by atoms with Gasteiger partial charge in [-0.2, -0.15) is 0 Å². The van der Waals surface area contributed by atoms with Gasteiger partial charge < -0.3 is 20.1 Å². The van der Waals surface area contributed by atoms with Crippen molar-refractivity contribution in [2.24, 2.45) is 5.73 Å². The van der Waals surface area contributed by atoms with E-state index in [4.69, 9.17) is 15.2 Å². The van der Waals surface area contributed by atoms with E-state index in [1.54, 1.807) is 6.07 Å². The van der Waals surface area contributed by atoms with Crippen LogP contribution in [0.3, 0.4) is 0 Å². The number of methoxy groups -OCH3 is 2. The summed E-state index contributed by atoms with van der Waals surface area (Å²) in [7, 11) is 2.97. The molecule has 7 nitrogen and oxygen atoms in total. The van der Waals surface area contributed by atoms with Crippen LogP contribution in [0.1, 0.15) is 12.8 Å². The fourth-order valence-electron chi connectivity index (χ4n) is 2.63. The van der Waals surface area contributed by atoms with Crippen LogP contribution < -0.4 is 20.1 Å². The zero-order chi connectivity index (χ0) is 14.7. The normalized spacial score (nSPS) is 18.1. The highest BCUT2D eigenvalue weighted by Crippen LogP contribution is 2.41. The first kappa shape index (κ1) is 14.4. The summed E-state index contributed by atoms with van der Waals surface area (Å²) >= 11 is 0. The molecule has 0 saturated carbocycles. The number of hydrogen-bond acceptors (Lipinski definition) is 6. The molecule has 1 unspecified atom stereocenters. The SMILES string of the molecule is COc1cc(N2CCCC2CN)c([N+](=O)[O-])cc1OC. The molecule has 110 valence electrons. The quantitative estimate of drug-likeness (QED) is 0.650. The lowest BCUT2D eigenvalue weighted by atomic mass is 10.1. The van der Waals surface area contributed by atoms with Gasteiger partial charge in [-0.25, -0.2) is 0 Å². The highest BCUT2D eigenvalue weighted by molar-refractivity contribution is 5.70. The molecule has 7 heteroatoms. The van der Waals surface area contributed by atoms with Crippen LogP contribution in [0, 0.1) is 10.1 Å². The van der Waals surface area contributed by atoms with Gasteiger partial charge in [0.2, 0.25) is 0 Å². The second-order valence-electron chi connectivity index (χ2n) is 4.68. The average molecular weight is 281 g/mol. The Balaban J connectivity index is 2.52. The number of nitro benzene ring substituents is 1. The Morgan fingerprint density at radius 1 is 1.40 bits per heavy atom. The van der Waals surface area contributed by atoms with Gasteiger partial charge in [0, 0.05) is 25.2 Å². The average Bonchev–Trinajstić information content (AvgIpc) is 2.93. The Bertz CT molecular complexity index is 507. The van der Waals surface area contributed by atoms with Crippen molar-refractivity contribution in [2.75, 3.05) is 32.2 Å². The molecule has 1 aliphatic heterocycles. The lowest BCUT2D eigenvalue weighted by molar-refractivity contribution is -0.384. The lowest BCUT2D eigenvalue weighted by Crippen LogP contribution is -2.35. The summed E-state index contributed by atoms with van der Waals surface area (Å²) in [6.45, 7) is 1.24. The molecule has 0 spiro atoms. The zero-order valence-corrected chi connectivity index (χ0v) is 11.7. The van der Waals surface area contributed by atoms with Gasteiger partial charge in [0.25, 0.3) is 5.69 Å². The fraction of sp³-hybridized carbons (Fsp3) is 0.538. The van der Waals surface area contributed by atoms with Crippen LogP contribution in [0.2, 0.25) is 0 Å². The molecule has 0 amide bonds. The van der Waals surface area contributed by atoms with E-state index < -0.39 is 4.92 Å². The number of rotatable bonds is 5. The predicted molar refractivity (Wildman–Crippen MR) is 75.6 cm³/mol. The summed E-state index contributed by atoms with van der Waals surface area (Å²) in [4.78, 5) is 12.9. The van der Waals surface area contributed by atoms with E-state index >= 15 is 0 Å². The Morgan fingerprint density at radius 2 is 2.05 bits per heavy atom. The van der Waals surface area contributed by atoms with E-state index in [-0.39, 0.29) is 11.7 Å². The number of benzene rings is 1. The van der Waals surface area contributed by atoms with Crippen molar-refractivity contribution in [1.29, 1.82) is 0 Å². The van der Waals surface area contributed by atoms with Crippen molar-refractivity contribution >= 4 is 11.4 Å². The maximum atomic E-state index is 11.3. The maximum Gasteiger partial charge on any atom is 0.296 e. The van der Waals surface area contributed by atoms with Gasteiger partial charge in [-0.15, -0.1) is 0 Å². The molecule has 1 fully saturated rings. The third kappa shape index (κ3) is 2.49. The molecule has 1 atom stereocenters. The number of nitrogens with zero attached hydrogens (tertiary/aromatic N) is 2. The Kier molecular flexibility index (Phi) is 4.29. The second kappa shape index (κ2) is 5.96. The molecule has 2 rings (SSSR count). The van der Waals surface area contributed by atoms with Crippen molar-refractivity contribution in [2.45, 2.75) is 18.9 Å². The fourth-order valence-corrected chi connectivity index (χ4v) is 2.63. The van der Waals surface area contributed by atoms with Crippen molar-refractivity contribution in [3.05, 3.63) is 22.2 Å². The van der Waals surface area contributed by atoms with Crippen LogP contribution in [0.25, 0.3) is 0 Å². The maximum absolute atomic E-state index is 11.3. The molecule has 0 bridgehead atoms. The number of anilines is 1. The van der Waals surface area contributed by atoms with Crippen molar-refractivity contribution < 1.29 is 14.4 Å². The van der Waals surface area contributed by atoms with Gasteiger partial charge in [0.1, 0.15) is 5.69 Å². The van der Waals surface area contributed by atoms with Gasteiger partial charge in [-0.3, -0.25) is 10.1 Å². The molecule has 0 aliphatic carbocycles. The number of ether oxygens (including phenoxy) is 2. The predicted octanol–water partition coefficient (Wildman–Crippen LogP) is 1.54. The van der Waals surface area contributed by atoms with E-state index in [9.17, 15) is 10.1 Å². The molecule has 1 aliphatic rings. The molecular weight excluding hydrogens is 262 g/mol. The molecule has 2 N–H and O–H groups in total. The van der Waals surface area contributed by atoms with Crippen LogP contribution in [0.15, 0.2) is 12.1 Å². The summed E-state index contributed by atoms with van der Waals surface area (Å²) in [5.41, 5.74) is 6.31. The summed E-state index contributed by atoms with van der Waals surface area (Å²) in [5, 5.41) is 11.3. The number of hydrogen-bond donors (Lipinski definition) is 1. The second-order valence-corrected chi connectivity index (χ2v) is 4.68. The Labute approximate surface area is 117 Å². The van der Waals surface area contributed by atoms with E-state index in [1.165, 1.54) is 20.3 Å². The topological polar surface area (TPSA) is 90.9 Å². The molecule has 20 heavy (non-hydrogen) atoms. The zero-order valence-electron chi connectivity index (χ0n) is 11.7. The Morgan fingerprint density at radius 3 is 2.60 bits per heavy atom. The van der Waals surface area contributed by atoms with Gasteiger partial charge in [0.05, 0.1) is 25.2 Å². The molecule has 0 aromatic heterocycles. The first-order valence-electron chi connectivity index (χ1n) is 6.49. The van der Waals surface area contributed by atoms with E-state index in [0.717, 1.165) is 19.4 Å². The van der Waals surface area contributed by atoms with Gasteiger partial charge in [-0.1, -0.05) is 0 Å². The minimum Gasteiger partial charge on any atom is -0.493 e. The minimum absolute atomic E-state index is 0.0167. The molecule has 1 aromatic carbocycles. The van der Waals surface area contributed by atoms with Crippen LogP contribution in [-0.2, 0) is 0 Å². The summed E-state index contributed by atoms with van der Waals surface area (Å²) in [6, 6.07) is 3.19. The molecular formula is C13H19N3O4. The van der Waals surface area contributed by atoms with E-state index in [0.29, 0.717) is 23.7 Å². The largest absolute Gasteiger partial charge is 0.493 e. The highest BCUT2D eigenvalue weighted by Gasteiger charge is 2.30. The number of nitrogens with two attached hydrogens (primary N) is 1.